The average Bonchev–Trinajstić information content (AvgIpc) is 3.32. The predicted molar refractivity (Wildman–Crippen MR) is 119 cm³/mol. The third-order valence-electron chi connectivity index (χ3n) is 4.77. The lowest BCUT2D eigenvalue weighted by atomic mass is 9.96. The van der Waals surface area contributed by atoms with E-state index in [9.17, 15) is 0 Å². The lowest BCUT2D eigenvalue weighted by molar-refractivity contribution is -0.0172. The largest absolute Gasteiger partial charge is 0.462 e. The smallest absolute Gasteiger partial charge is 0.223 e. The Labute approximate surface area is 186 Å². The van der Waals surface area contributed by atoms with Gasteiger partial charge in [0.15, 0.2) is 0 Å². The maximum absolute atomic E-state index is 6.43. The number of benzene rings is 2. The van der Waals surface area contributed by atoms with Gasteiger partial charge in [-0.15, -0.1) is 11.3 Å². The molecule has 27 heavy (non-hydrogen) atoms. The molecule has 0 saturated carbocycles. The first-order valence-electron chi connectivity index (χ1n) is 8.41. The summed E-state index contributed by atoms with van der Waals surface area (Å²) < 4.78 is 9.50. The van der Waals surface area contributed by atoms with E-state index in [1.165, 1.54) is 0 Å². The van der Waals surface area contributed by atoms with Gasteiger partial charge in [-0.25, -0.2) is 5.01 Å². The number of nitrogens with zero attached hydrogens (tertiary/aromatic N) is 2. The summed E-state index contributed by atoms with van der Waals surface area (Å²) >= 11 is 12.5. The number of hydrogen-bond acceptors (Lipinski definition) is 4. The summed E-state index contributed by atoms with van der Waals surface area (Å²) in [4.78, 5) is 1.15. The highest BCUT2D eigenvalue weighted by Gasteiger charge is 2.42. The lowest BCUT2D eigenvalue weighted by Gasteiger charge is -2.38. The molecule has 0 bridgehead atoms. The summed E-state index contributed by atoms with van der Waals surface area (Å²) in [5.41, 5.74) is 3.38. The molecular formula is C20H13Br3N2OS. The standard InChI is InChI=1S/C20H13Br3N2OS/c21-12-5-3-11(4-6-12)16-10-17-14-8-13(22)9-15(23)19(14)26-20(25(17)24-16)18-2-1-7-27-18/h1-9,17,20H,10H2/t17-,20-/m1/s1. The monoisotopic (exact) mass is 566 g/mol. The molecule has 0 unspecified atom stereocenters. The van der Waals surface area contributed by atoms with Crippen molar-refractivity contribution in [2.45, 2.75) is 18.7 Å². The van der Waals surface area contributed by atoms with Crippen molar-refractivity contribution in [1.29, 1.82) is 0 Å². The molecule has 0 spiro atoms. The number of fused-ring (bicyclic) bond motifs is 3. The summed E-state index contributed by atoms with van der Waals surface area (Å²) in [5.74, 6) is 0.908. The number of thiophene rings is 1. The molecule has 2 aliphatic heterocycles. The van der Waals surface area contributed by atoms with Gasteiger partial charge >= 0.3 is 0 Å². The zero-order valence-electron chi connectivity index (χ0n) is 13.9. The van der Waals surface area contributed by atoms with Gasteiger partial charge in [-0.2, -0.15) is 5.10 Å². The van der Waals surface area contributed by atoms with Crippen molar-refractivity contribution in [3.63, 3.8) is 0 Å². The maximum atomic E-state index is 6.43. The fraction of sp³-hybridized carbons (Fsp3) is 0.150. The van der Waals surface area contributed by atoms with E-state index in [2.05, 4.69) is 101 Å². The number of rotatable bonds is 2. The van der Waals surface area contributed by atoms with E-state index in [0.717, 1.165) is 47.3 Å². The van der Waals surface area contributed by atoms with Gasteiger partial charge in [-0.1, -0.05) is 50.1 Å². The van der Waals surface area contributed by atoms with Crippen molar-refractivity contribution in [2.75, 3.05) is 0 Å². The van der Waals surface area contributed by atoms with Crippen molar-refractivity contribution in [1.82, 2.24) is 5.01 Å². The van der Waals surface area contributed by atoms with Crippen LogP contribution in [0.4, 0.5) is 0 Å². The van der Waals surface area contributed by atoms with Crippen molar-refractivity contribution in [3.05, 3.63) is 83.3 Å². The maximum Gasteiger partial charge on any atom is 0.223 e. The molecule has 7 heteroatoms. The lowest BCUT2D eigenvalue weighted by Crippen LogP contribution is -2.33. The van der Waals surface area contributed by atoms with Crippen LogP contribution in [-0.2, 0) is 0 Å². The Hall–Kier alpha value is -1.15. The van der Waals surface area contributed by atoms with Crippen LogP contribution in [0.5, 0.6) is 5.75 Å². The third kappa shape index (κ3) is 3.18. The second kappa shape index (κ2) is 7.03. The molecule has 3 aromatic rings. The Kier molecular flexibility index (Phi) is 4.66. The highest BCUT2D eigenvalue weighted by atomic mass is 79.9. The molecule has 5 rings (SSSR count). The second-order valence-electron chi connectivity index (χ2n) is 6.45. The molecule has 2 aliphatic rings. The fourth-order valence-corrected chi connectivity index (χ4v) is 5.91. The fourth-order valence-electron chi connectivity index (χ4n) is 3.55. The van der Waals surface area contributed by atoms with Crippen molar-refractivity contribution in [2.24, 2.45) is 5.10 Å². The zero-order valence-corrected chi connectivity index (χ0v) is 19.5. The van der Waals surface area contributed by atoms with Gasteiger partial charge in [0.2, 0.25) is 6.23 Å². The molecule has 0 N–H and O–H groups in total. The minimum absolute atomic E-state index is 0.147. The van der Waals surface area contributed by atoms with Crippen molar-refractivity contribution in [3.8, 4) is 5.75 Å². The van der Waals surface area contributed by atoms with E-state index in [1.807, 2.05) is 6.07 Å². The molecule has 1 aromatic heterocycles. The van der Waals surface area contributed by atoms with E-state index < -0.39 is 0 Å². The van der Waals surface area contributed by atoms with Crippen LogP contribution < -0.4 is 4.74 Å². The molecule has 2 atom stereocenters. The van der Waals surface area contributed by atoms with Gasteiger partial charge in [0, 0.05) is 20.9 Å². The van der Waals surface area contributed by atoms with E-state index in [4.69, 9.17) is 9.84 Å². The highest BCUT2D eigenvalue weighted by molar-refractivity contribution is 9.11. The minimum atomic E-state index is -0.215. The van der Waals surface area contributed by atoms with Gasteiger partial charge < -0.3 is 4.74 Å². The molecule has 2 aromatic carbocycles. The average molecular weight is 569 g/mol. The second-order valence-corrected chi connectivity index (χ2v) is 10.1. The van der Waals surface area contributed by atoms with Gasteiger partial charge in [0.1, 0.15) is 5.75 Å². The summed E-state index contributed by atoms with van der Waals surface area (Å²) in [5, 5.41) is 9.19. The van der Waals surface area contributed by atoms with Crippen LogP contribution >= 0.6 is 59.1 Å². The molecule has 0 saturated heterocycles. The zero-order chi connectivity index (χ0) is 18.5. The van der Waals surface area contributed by atoms with E-state index >= 15 is 0 Å². The first kappa shape index (κ1) is 17.9. The van der Waals surface area contributed by atoms with E-state index in [-0.39, 0.29) is 12.3 Å². The Bertz CT molecular complexity index is 1030. The number of hydrogen-bond donors (Lipinski definition) is 0. The van der Waals surface area contributed by atoms with Crippen LogP contribution in [-0.4, -0.2) is 10.7 Å². The van der Waals surface area contributed by atoms with Gasteiger partial charge in [0.25, 0.3) is 0 Å². The molecule has 0 fully saturated rings. The first-order valence-corrected chi connectivity index (χ1v) is 11.7. The third-order valence-corrected chi connectivity index (χ3v) is 7.25. The quantitative estimate of drug-likeness (QED) is 0.324. The van der Waals surface area contributed by atoms with Crippen molar-refractivity contribution < 1.29 is 4.74 Å². The van der Waals surface area contributed by atoms with Gasteiger partial charge in [-0.05, 0) is 57.2 Å². The Morgan fingerprint density at radius 1 is 1.04 bits per heavy atom. The number of hydrazone groups is 1. The van der Waals surface area contributed by atoms with Crippen LogP contribution in [0.2, 0.25) is 0 Å². The molecule has 3 heterocycles. The first-order chi connectivity index (χ1) is 13.1. The molecule has 3 nitrogen and oxygen atoms in total. The van der Waals surface area contributed by atoms with Gasteiger partial charge in [0.05, 0.1) is 21.1 Å². The van der Waals surface area contributed by atoms with Crippen LogP contribution in [0.25, 0.3) is 0 Å². The van der Waals surface area contributed by atoms with E-state index in [0.29, 0.717) is 0 Å². The summed E-state index contributed by atoms with van der Waals surface area (Å²) in [7, 11) is 0. The topological polar surface area (TPSA) is 24.8 Å². The normalized spacial score (nSPS) is 20.7. The Balaban J connectivity index is 1.62. The SMILES string of the molecule is Brc1ccc(C2=NN3[C@H](C2)c2cc(Br)cc(Br)c2O[C@@H]3c2cccs2)cc1. The van der Waals surface area contributed by atoms with Crippen LogP contribution in [0.15, 0.2) is 72.4 Å². The molecule has 0 amide bonds. The highest BCUT2D eigenvalue weighted by Crippen LogP contribution is 2.51. The molecule has 0 aliphatic carbocycles. The predicted octanol–water partition coefficient (Wildman–Crippen LogP) is 7.28. The minimum Gasteiger partial charge on any atom is -0.462 e. The Morgan fingerprint density at radius 2 is 1.85 bits per heavy atom. The van der Waals surface area contributed by atoms with Crippen LogP contribution in [0.3, 0.4) is 0 Å². The van der Waals surface area contributed by atoms with Crippen LogP contribution in [0, 0.1) is 0 Å². The summed E-state index contributed by atoms with van der Waals surface area (Å²) in [6, 6.07) is 16.8. The number of halogens is 3. The van der Waals surface area contributed by atoms with Crippen molar-refractivity contribution >= 4 is 64.8 Å². The molecular weight excluding hydrogens is 556 g/mol. The number of ether oxygens (including phenoxy) is 1. The molecule has 0 radical (unpaired) electrons. The summed E-state index contributed by atoms with van der Waals surface area (Å²) in [6.45, 7) is 0. The van der Waals surface area contributed by atoms with Gasteiger partial charge in [-0.3, -0.25) is 0 Å². The summed E-state index contributed by atoms with van der Waals surface area (Å²) in [6.07, 6.45) is 0.635. The Morgan fingerprint density at radius 3 is 2.59 bits per heavy atom. The van der Waals surface area contributed by atoms with Crippen LogP contribution in [0.1, 0.15) is 34.7 Å². The molecule has 136 valence electrons. The van der Waals surface area contributed by atoms with E-state index in [1.54, 1.807) is 11.3 Å².